The standard InChI is InChI=1S/C20H14ClF3N2O4S/c1-10(18(28)29)30-15-5-3-2-4-11(15)8-16-17(27)26-19(31-16)25-12-6-7-14(21)13(9-12)20(22,23)24/h2-10H,1H3,(H,28,29)(H,25,26,27)/b16-8+. The van der Waals surface area contributed by atoms with Crippen molar-refractivity contribution < 1.29 is 32.6 Å². The van der Waals surface area contributed by atoms with Gasteiger partial charge in [0, 0.05) is 5.56 Å². The van der Waals surface area contributed by atoms with Crippen molar-refractivity contribution in [1.82, 2.24) is 5.32 Å². The van der Waals surface area contributed by atoms with E-state index in [2.05, 4.69) is 10.3 Å². The van der Waals surface area contributed by atoms with Crippen molar-refractivity contribution in [2.45, 2.75) is 19.2 Å². The fourth-order valence-corrected chi connectivity index (χ4v) is 3.54. The first-order valence-corrected chi connectivity index (χ1v) is 9.89. The van der Waals surface area contributed by atoms with Crippen LogP contribution in [0.2, 0.25) is 5.02 Å². The molecule has 2 aromatic carbocycles. The number of rotatable bonds is 5. The van der Waals surface area contributed by atoms with E-state index in [0.717, 1.165) is 23.9 Å². The van der Waals surface area contributed by atoms with E-state index in [1.165, 1.54) is 19.1 Å². The highest BCUT2D eigenvalue weighted by molar-refractivity contribution is 8.18. The Balaban J connectivity index is 1.86. The van der Waals surface area contributed by atoms with Gasteiger partial charge >= 0.3 is 12.1 Å². The number of ether oxygens (including phenoxy) is 1. The van der Waals surface area contributed by atoms with Gasteiger partial charge in [0.2, 0.25) is 0 Å². The quantitative estimate of drug-likeness (QED) is 0.593. The third-order valence-electron chi connectivity index (χ3n) is 3.99. The van der Waals surface area contributed by atoms with Crippen LogP contribution < -0.4 is 10.1 Å². The van der Waals surface area contributed by atoms with Gasteiger partial charge < -0.3 is 15.2 Å². The van der Waals surface area contributed by atoms with Crippen molar-refractivity contribution in [3.05, 3.63) is 63.5 Å². The SMILES string of the molecule is CC(Oc1ccccc1/C=C1/SC(=Nc2ccc(Cl)c(C(F)(F)F)c2)NC1=O)C(=O)O. The zero-order chi connectivity index (χ0) is 22.8. The Morgan fingerprint density at radius 2 is 2.00 bits per heavy atom. The number of carbonyl (C=O) groups excluding carboxylic acids is 1. The van der Waals surface area contributed by atoms with Gasteiger partial charge in [-0.3, -0.25) is 4.79 Å². The topological polar surface area (TPSA) is 88.0 Å². The molecule has 0 bridgehead atoms. The van der Waals surface area contributed by atoms with Gasteiger partial charge in [-0.2, -0.15) is 13.2 Å². The number of para-hydroxylation sites is 1. The summed E-state index contributed by atoms with van der Waals surface area (Å²) in [6.07, 6.45) is -4.26. The molecule has 2 N–H and O–H groups in total. The highest BCUT2D eigenvalue weighted by atomic mass is 35.5. The van der Waals surface area contributed by atoms with Gasteiger partial charge in [-0.25, -0.2) is 9.79 Å². The van der Waals surface area contributed by atoms with Crippen molar-refractivity contribution >= 4 is 52.2 Å². The third kappa shape index (κ3) is 5.59. The normalized spacial score (nSPS) is 17.6. The van der Waals surface area contributed by atoms with E-state index in [9.17, 15) is 22.8 Å². The summed E-state index contributed by atoms with van der Waals surface area (Å²) in [5.41, 5.74) is -0.597. The summed E-state index contributed by atoms with van der Waals surface area (Å²) in [5.74, 6) is -1.39. The molecular formula is C20H14ClF3N2O4S. The van der Waals surface area contributed by atoms with E-state index in [4.69, 9.17) is 21.4 Å². The maximum atomic E-state index is 13.0. The van der Waals surface area contributed by atoms with Crippen LogP contribution in [0.3, 0.4) is 0 Å². The van der Waals surface area contributed by atoms with Gasteiger partial charge in [0.05, 0.1) is 21.2 Å². The molecule has 1 unspecified atom stereocenters. The van der Waals surface area contributed by atoms with E-state index >= 15 is 0 Å². The van der Waals surface area contributed by atoms with E-state index in [1.54, 1.807) is 24.3 Å². The number of alkyl halides is 3. The Kier molecular flexibility index (Phi) is 6.61. The summed E-state index contributed by atoms with van der Waals surface area (Å²) < 4.78 is 44.5. The Bertz CT molecular complexity index is 1100. The van der Waals surface area contributed by atoms with Gasteiger partial charge in [0.15, 0.2) is 11.3 Å². The van der Waals surface area contributed by atoms with Crippen molar-refractivity contribution in [3.8, 4) is 5.75 Å². The number of aliphatic imine (C=N–C) groups is 1. The van der Waals surface area contributed by atoms with Crippen LogP contribution in [0.1, 0.15) is 18.1 Å². The van der Waals surface area contributed by atoms with Crippen LogP contribution >= 0.6 is 23.4 Å². The molecule has 1 fully saturated rings. The van der Waals surface area contributed by atoms with Crippen molar-refractivity contribution in [1.29, 1.82) is 0 Å². The predicted octanol–water partition coefficient (Wildman–Crippen LogP) is 5.10. The first kappa shape index (κ1) is 22.7. The first-order valence-electron chi connectivity index (χ1n) is 8.69. The molecule has 0 spiro atoms. The van der Waals surface area contributed by atoms with Crippen LogP contribution in [0, 0.1) is 0 Å². The van der Waals surface area contributed by atoms with Gasteiger partial charge in [0.1, 0.15) is 5.75 Å². The number of carboxylic acids is 1. The molecule has 1 amide bonds. The minimum absolute atomic E-state index is 0.0280. The number of amidine groups is 1. The van der Waals surface area contributed by atoms with Gasteiger partial charge in [0.25, 0.3) is 5.91 Å². The average molecular weight is 471 g/mol. The largest absolute Gasteiger partial charge is 0.479 e. The molecule has 1 atom stereocenters. The second kappa shape index (κ2) is 9.03. The van der Waals surface area contributed by atoms with Gasteiger partial charge in [-0.1, -0.05) is 29.8 Å². The van der Waals surface area contributed by atoms with Crippen LogP contribution in [0.4, 0.5) is 18.9 Å². The highest BCUT2D eigenvalue weighted by Gasteiger charge is 2.33. The lowest BCUT2D eigenvalue weighted by molar-refractivity contribution is -0.144. The lowest BCUT2D eigenvalue weighted by Crippen LogP contribution is -2.23. The number of hydrogen-bond donors (Lipinski definition) is 2. The summed E-state index contributed by atoms with van der Waals surface area (Å²) in [6, 6.07) is 9.71. The molecule has 0 aliphatic carbocycles. The fraction of sp³-hybridized carbons (Fsp3) is 0.150. The first-order chi connectivity index (χ1) is 14.5. The average Bonchev–Trinajstić information content (AvgIpc) is 3.02. The second-order valence-corrected chi connectivity index (χ2v) is 7.72. The van der Waals surface area contributed by atoms with Crippen LogP contribution in [0.15, 0.2) is 52.4 Å². The summed E-state index contributed by atoms with van der Waals surface area (Å²) in [7, 11) is 0. The molecule has 1 aliphatic rings. The molecule has 1 heterocycles. The molecule has 162 valence electrons. The zero-order valence-corrected chi connectivity index (χ0v) is 17.3. The second-order valence-electron chi connectivity index (χ2n) is 6.28. The molecule has 2 aromatic rings. The van der Waals surface area contributed by atoms with Crippen LogP contribution in [-0.4, -0.2) is 28.3 Å². The van der Waals surface area contributed by atoms with E-state index < -0.39 is 34.7 Å². The Hall–Kier alpha value is -2.98. The molecular weight excluding hydrogens is 457 g/mol. The van der Waals surface area contributed by atoms with E-state index in [1.807, 2.05) is 0 Å². The van der Waals surface area contributed by atoms with Crippen LogP contribution in [0.5, 0.6) is 5.75 Å². The molecule has 3 rings (SSSR count). The molecule has 1 saturated heterocycles. The number of carbonyl (C=O) groups is 2. The van der Waals surface area contributed by atoms with Crippen LogP contribution in [-0.2, 0) is 15.8 Å². The van der Waals surface area contributed by atoms with Gasteiger partial charge in [-0.15, -0.1) is 0 Å². The molecule has 31 heavy (non-hydrogen) atoms. The number of nitrogens with zero attached hydrogens (tertiary/aromatic N) is 1. The zero-order valence-electron chi connectivity index (χ0n) is 15.7. The summed E-state index contributed by atoms with van der Waals surface area (Å²) in [4.78, 5) is 27.6. The maximum Gasteiger partial charge on any atom is 0.417 e. The Labute approximate surface area is 183 Å². The predicted molar refractivity (Wildman–Crippen MR) is 111 cm³/mol. The summed E-state index contributed by atoms with van der Waals surface area (Å²) in [6.45, 7) is 1.37. The van der Waals surface area contributed by atoms with E-state index in [0.29, 0.717) is 5.56 Å². The van der Waals surface area contributed by atoms with Crippen molar-refractivity contribution in [2.75, 3.05) is 0 Å². The lowest BCUT2D eigenvalue weighted by atomic mass is 10.2. The monoisotopic (exact) mass is 470 g/mol. The van der Waals surface area contributed by atoms with Gasteiger partial charge in [-0.05, 0) is 49.0 Å². The Morgan fingerprint density at radius 1 is 1.29 bits per heavy atom. The smallest absolute Gasteiger partial charge is 0.417 e. The number of nitrogens with one attached hydrogen (secondary N) is 1. The lowest BCUT2D eigenvalue weighted by Gasteiger charge is -2.12. The minimum Gasteiger partial charge on any atom is -0.479 e. The molecule has 0 aromatic heterocycles. The molecule has 11 heteroatoms. The number of carboxylic acid groups (broad SMARTS) is 1. The number of amides is 1. The van der Waals surface area contributed by atoms with Crippen molar-refractivity contribution in [2.24, 2.45) is 4.99 Å². The molecule has 1 aliphatic heterocycles. The minimum atomic E-state index is -4.64. The molecule has 6 nitrogen and oxygen atoms in total. The highest BCUT2D eigenvalue weighted by Crippen LogP contribution is 2.37. The summed E-state index contributed by atoms with van der Waals surface area (Å²) >= 11 is 6.53. The van der Waals surface area contributed by atoms with Crippen LogP contribution in [0.25, 0.3) is 6.08 Å². The molecule has 0 radical (unpaired) electrons. The van der Waals surface area contributed by atoms with Crippen molar-refractivity contribution in [3.63, 3.8) is 0 Å². The Morgan fingerprint density at radius 3 is 2.68 bits per heavy atom. The maximum absolute atomic E-state index is 13.0. The number of benzene rings is 2. The third-order valence-corrected chi connectivity index (χ3v) is 5.23. The number of halogens is 4. The number of aliphatic carboxylic acids is 1. The number of thioether (sulfide) groups is 1. The fourth-order valence-electron chi connectivity index (χ4n) is 2.49. The van der Waals surface area contributed by atoms with E-state index in [-0.39, 0.29) is 21.5 Å². The molecule has 0 saturated carbocycles. The number of hydrogen-bond acceptors (Lipinski definition) is 5. The summed E-state index contributed by atoms with van der Waals surface area (Å²) in [5, 5.41) is 11.1.